The second-order valence-electron chi connectivity index (χ2n) is 3.97. The number of ether oxygens (including phenoxy) is 1. The Morgan fingerprint density at radius 2 is 2.00 bits per heavy atom. The smallest absolute Gasteiger partial charge is 0.312 e. The van der Waals surface area contributed by atoms with E-state index in [1.54, 1.807) is 18.2 Å². The van der Waals surface area contributed by atoms with Gasteiger partial charge in [0.2, 0.25) is 5.75 Å². The summed E-state index contributed by atoms with van der Waals surface area (Å²) in [7, 11) is 0. The Morgan fingerprint density at radius 3 is 2.65 bits per heavy atom. The molecule has 0 heterocycles. The summed E-state index contributed by atoms with van der Waals surface area (Å²) in [6.45, 7) is 0.264. The molecule has 0 atom stereocenters. The number of para-hydroxylation sites is 1. The molecule has 6 nitrogen and oxygen atoms in total. The van der Waals surface area contributed by atoms with Gasteiger partial charge in [-0.25, -0.2) is 0 Å². The summed E-state index contributed by atoms with van der Waals surface area (Å²) in [4.78, 5) is 10.4. The molecule has 0 fully saturated rings. The van der Waals surface area contributed by atoms with Crippen molar-refractivity contribution in [2.45, 2.75) is 6.54 Å². The van der Waals surface area contributed by atoms with E-state index in [1.165, 1.54) is 18.2 Å². The van der Waals surface area contributed by atoms with Crippen molar-refractivity contribution in [2.75, 3.05) is 0 Å². The summed E-state index contributed by atoms with van der Waals surface area (Å²) in [5, 5.41) is 19.8. The summed E-state index contributed by atoms with van der Waals surface area (Å²) < 4.78 is 5.56. The Morgan fingerprint density at radius 1 is 1.25 bits per heavy atom. The van der Waals surface area contributed by atoms with Crippen molar-refractivity contribution < 1.29 is 9.66 Å². The first kappa shape index (κ1) is 13.5. The first-order valence-corrected chi connectivity index (χ1v) is 5.80. The molecule has 2 aromatic rings. The Bertz CT molecular complexity index is 692. The maximum absolute atomic E-state index is 11.0. The van der Waals surface area contributed by atoms with Gasteiger partial charge in [0.25, 0.3) is 0 Å². The van der Waals surface area contributed by atoms with Gasteiger partial charge < -0.3 is 10.5 Å². The van der Waals surface area contributed by atoms with Crippen LogP contribution in [-0.2, 0) is 6.54 Å². The maximum atomic E-state index is 11.0. The Kier molecular flexibility index (Phi) is 3.93. The molecule has 0 aromatic heterocycles. The first-order valence-electron chi connectivity index (χ1n) is 5.80. The van der Waals surface area contributed by atoms with Crippen LogP contribution in [0.3, 0.4) is 0 Å². The molecular formula is C14H11N3O3. The monoisotopic (exact) mass is 269 g/mol. The van der Waals surface area contributed by atoms with Gasteiger partial charge in [0, 0.05) is 18.2 Å². The predicted octanol–water partition coefficient (Wildman–Crippen LogP) is 2.72. The summed E-state index contributed by atoms with van der Waals surface area (Å²) in [6, 6.07) is 12.9. The zero-order valence-corrected chi connectivity index (χ0v) is 10.4. The molecule has 2 aromatic carbocycles. The van der Waals surface area contributed by atoms with Crippen LogP contribution in [0.2, 0.25) is 0 Å². The van der Waals surface area contributed by atoms with Crippen LogP contribution in [0.15, 0.2) is 42.5 Å². The third-order valence-corrected chi connectivity index (χ3v) is 2.70. The van der Waals surface area contributed by atoms with Gasteiger partial charge in [-0.2, -0.15) is 5.26 Å². The lowest BCUT2D eigenvalue weighted by atomic mass is 10.2. The quantitative estimate of drug-likeness (QED) is 0.679. The summed E-state index contributed by atoms with van der Waals surface area (Å²) >= 11 is 0. The molecule has 2 rings (SSSR count). The standard InChI is InChI=1S/C14H11N3O3/c15-8-10-5-6-14(12(7-10)17(18)19)20-13-4-2-1-3-11(13)9-16/h1-7H,9,16H2. The molecule has 2 N–H and O–H groups in total. The van der Waals surface area contributed by atoms with E-state index in [4.69, 9.17) is 15.7 Å². The SMILES string of the molecule is N#Cc1ccc(Oc2ccccc2CN)c([N+](=O)[O-])c1. The molecule has 100 valence electrons. The van der Waals surface area contributed by atoms with Gasteiger partial charge in [0.1, 0.15) is 5.75 Å². The van der Waals surface area contributed by atoms with Crippen molar-refractivity contribution in [3.05, 3.63) is 63.7 Å². The lowest BCUT2D eigenvalue weighted by Gasteiger charge is -2.10. The topological polar surface area (TPSA) is 102 Å². The lowest BCUT2D eigenvalue weighted by molar-refractivity contribution is -0.385. The van der Waals surface area contributed by atoms with Gasteiger partial charge in [-0.1, -0.05) is 18.2 Å². The molecule has 0 spiro atoms. The number of nitro groups is 1. The van der Waals surface area contributed by atoms with Crippen LogP contribution in [0.4, 0.5) is 5.69 Å². The van der Waals surface area contributed by atoms with E-state index < -0.39 is 4.92 Å². The highest BCUT2D eigenvalue weighted by molar-refractivity contribution is 5.53. The fourth-order valence-corrected chi connectivity index (χ4v) is 1.71. The number of nitro benzene ring substituents is 1. The minimum Gasteiger partial charge on any atom is -0.450 e. The number of nitrogens with zero attached hydrogens (tertiary/aromatic N) is 2. The van der Waals surface area contributed by atoms with Crippen LogP contribution in [0.5, 0.6) is 11.5 Å². The summed E-state index contributed by atoms with van der Waals surface area (Å²) in [5.74, 6) is 0.540. The van der Waals surface area contributed by atoms with E-state index in [0.29, 0.717) is 5.75 Å². The number of nitrogens with two attached hydrogens (primary N) is 1. The van der Waals surface area contributed by atoms with E-state index in [9.17, 15) is 10.1 Å². The number of rotatable bonds is 4. The van der Waals surface area contributed by atoms with Crippen molar-refractivity contribution >= 4 is 5.69 Å². The Labute approximate surface area is 115 Å². The van der Waals surface area contributed by atoms with Crippen LogP contribution in [0, 0.1) is 21.4 Å². The average Bonchev–Trinajstić information content (AvgIpc) is 2.48. The Balaban J connectivity index is 2.43. The highest BCUT2D eigenvalue weighted by Crippen LogP contribution is 2.33. The largest absolute Gasteiger partial charge is 0.450 e. The maximum Gasteiger partial charge on any atom is 0.312 e. The third kappa shape index (κ3) is 2.74. The number of hydrogen-bond donors (Lipinski definition) is 1. The van der Waals surface area contributed by atoms with Gasteiger partial charge in [-0.3, -0.25) is 10.1 Å². The van der Waals surface area contributed by atoms with Gasteiger partial charge in [-0.05, 0) is 18.2 Å². The first-order chi connectivity index (χ1) is 9.65. The molecule has 0 aliphatic heterocycles. The fourth-order valence-electron chi connectivity index (χ4n) is 1.71. The molecule has 0 saturated heterocycles. The molecule has 0 saturated carbocycles. The van der Waals surface area contributed by atoms with Crippen molar-refractivity contribution in [3.63, 3.8) is 0 Å². The normalized spacial score (nSPS) is 9.80. The highest BCUT2D eigenvalue weighted by atomic mass is 16.6. The van der Waals surface area contributed by atoms with E-state index in [0.717, 1.165) is 5.56 Å². The molecule has 0 aliphatic rings. The second-order valence-corrected chi connectivity index (χ2v) is 3.97. The van der Waals surface area contributed by atoms with Crippen LogP contribution in [-0.4, -0.2) is 4.92 Å². The zero-order chi connectivity index (χ0) is 14.5. The van der Waals surface area contributed by atoms with Crippen molar-refractivity contribution in [1.29, 1.82) is 5.26 Å². The Hall–Kier alpha value is -2.91. The molecule has 0 unspecified atom stereocenters. The number of hydrogen-bond acceptors (Lipinski definition) is 5. The molecule has 0 amide bonds. The summed E-state index contributed by atoms with van der Waals surface area (Å²) in [5.41, 5.74) is 6.28. The van der Waals surface area contributed by atoms with Gasteiger partial charge in [0.15, 0.2) is 0 Å². The minimum absolute atomic E-state index is 0.0786. The van der Waals surface area contributed by atoms with E-state index in [-0.39, 0.29) is 23.5 Å². The molecule has 6 heteroatoms. The molecule has 20 heavy (non-hydrogen) atoms. The molecule has 0 aliphatic carbocycles. The van der Waals surface area contributed by atoms with Crippen LogP contribution >= 0.6 is 0 Å². The van der Waals surface area contributed by atoms with Crippen molar-refractivity contribution in [1.82, 2.24) is 0 Å². The van der Waals surface area contributed by atoms with Crippen LogP contribution in [0.25, 0.3) is 0 Å². The number of nitriles is 1. The van der Waals surface area contributed by atoms with Gasteiger partial charge in [-0.15, -0.1) is 0 Å². The van der Waals surface area contributed by atoms with E-state index in [2.05, 4.69) is 0 Å². The number of benzene rings is 2. The molecular weight excluding hydrogens is 258 g/mol. The zero-order valence-electron chi connectivity index (χ0n) is 10.4. The minimum atomic E-state index is -0.582. The fraction of sp³-hybridized carbons (Fsp3) is 0.0714. The predicted molar refractivity (Wildman–Crippen MR) is 72.2 cm³/mol. The van der Waals surface area contributed by atoms with Crippen LogP contribution < -0.4 is 10.5 Å². The highest BCUT2D eigenvalue weighted by Gasteiger charge is 2.17. The van der Waals surface area contributed by atoms with Crippen LogP contribution in [0.1, 0.15) is 11.1 Å². The lowest BCUT2D eigenvalue weighted by Crippen LogP contribution is -2.00. The van der Waals surface area contributed by atoms with E-state index >= 15 is 0 Å². The second kappa shape index (κ2) is 5.82. The van der Waals surface area contributed by atoms with Gasteiger partial charge >= 0.3 is 5.69 Å². The third-order valence-electron chi connectivity index (χ3n) is 2.70. The summed E-state index contributed by atoms with van der Waals surface area (Å²) in [6.07, 6.45) is 0. The molecule has 0 bridgehead atoms. The average molecular weight is 269 g/mol. The van der Waals surface area contributed by atoms with Crippen molar-refractivity contribution in [2.24, 2.45) is 5.73 Å². The van der Waals surface area contributed by atoms with Crippen molar-refractivity contribution in [3.8, 4) is 17.6 Å². The van der Waals surface area contributed by atoms with E-state index in [1.807, 2.05) is 12.1 Å². The van der Waals surface area contributed by atoms with Gasteiger partial charge in [0.05, 0.1) is 16.6 Å². The molecule has 0 radical (unpaired) electrons.